The molecule has 1 N–H and O–H groups in total. The molecule has 0 aliphatic rings. The lowest BCUT2D eigenvalue weighted by Gasteiger charge is -2.14. The minimum atomic E-state index is 0. The molecule has 0 bridgehead atoms. The van der Waals surface area contributed by atoms with Crippen molar-refractivity contribution in [2.24, 2.45) is 0 Å². The summed E-state index contributed by atoms with van der Waals surface area (Å²) in [6.45, 7) is 4.41. The summed E-state index contributed by atoms with van der Waals surface area (Å²) in [7, 11) is 0. The summed E-state index contributed by atoms with van der Waals surface area (Å²) in [5.74, 6) is 0. The van der Waals surface area contributed by atoms with E-state index in [-0.39, 0.29) is 12.4 Å². The first-order valence-corrected chi connectivity index (χ1v) is 5.55. The Morgan fingerprint density at radius 1 is 1.06 bits per heavy atom. The molecule has 0 heterocycles. The van der Waals surface area contributed by atoms with Gasteiger partial charge in [-0.3, -0.25) is 0 Å². The number of halogens is 1. The van der Waals surface area contributed by atoms with Crippen LogP contribution in [0.5, 0.6) is 0 Å². The zero-order valence-electron chi connectivity index (χ0n) is 9.73. The van der Waals surface area contributed by atoms with Crippen molar-refractivity contribution in [3.63, 3.8) is 0 Å². The van der Waals surface area contributed by atoms with E-state index in [0.717, 1.165) is 6.42 Å². The highest BCUT2D eigenvalue weighted by atomic mass is 35.5. The number of anilines is 1. The molecule has 1 unspecified atom stereocenters. The summed E-state index contributed by atoms with van der Waals surface area (Å²) in [5.41, 5.74) is 1.24. The van der Waals surface area contributed by atoms with Crippen molar-refractivity contribution >= 4 is 28.9 Å². The summed E-state index contributed by atoms with van der Waals surface area (Å²) >= 11 is 0. The molecule has 16 heavy (non-hydrogen) atoms. The van der Waals surface area contributed by atoms with Gasteiger partial charge in [0, 0.05) is 17.1 Å². The fraction of sp³-hybridized carbons (Fsp3) is 0.286. The zero-order chi connectivity index (χ0) is 10.7. The Labute approximate surface area is 103 Å². The fourth-order valence-corrected chi connectivity index (χ4v) is 1.72. The monoisotopic (exact) mass is 235 g/mol. The van der Waals surface area contributed by atoms with Crippen LogP contribution in [0, 0.1) is 0 Å². The maximum atomic E-state index is 3.53. The largest absolute Gasteiger partial charge is 0.382 e. The third-order valence-electron chi connectivity index (χ3n) is 2.80. The van der Waals surface area contributed by atoms with Gasteiger partial charge in [-0.25, -0.2) is 0 Å². The van der Waals surface area contributed by atoms with E-state index in [1.165, 1.54) is 16.5 Å². The van der Waals surface area contributed by atoms with Crippen molar-refractivity contribution < 1.29 is 0 Å². The minimum absolute atomic E-state index is 0. The van der Waals surface area contributed by atoms with Crippen LogP contribution in [0.4, 0.5) is 5.69 Å². The smallest absolute Gasteiger partial charge is 0.0421 e. The third-order valence-corrected chi connectivity index (χ3v) is 2.80. The van der Waals surface area contributed by atoms with Crippen molar-refractivity contribution in [3.8, 4) is 0 Å². The molecule has 2 aromatic rings. The minimum Gasteiger partial charge on any atom is -0.382 e. The lowest BCUT2D eigenvalue weighted by Crippen LogP contribution is -2.13. The van der Waals surface area contributed by atoms with Crippen LogP contribution in [0.1, 0.15) is 20.3 Å². The molecule has 0 aromatic heterocycles. The first-order chi connectivity index (χ1) is 7.31. The van der Waals surface area contributed by atoms with Crippen LogP contribution < -0.4 is 5.32 Å². The lowest BCUT2D eigenvalue weighted by molar-refractivity contribution is 0.765. The van der Waals surface area contributed by atoms with Crippen molar-refractivity contribution in [2.45, 2.75) is 26.3 Å². The number of fused-ring (bicyclic) bond motifs is 1. The molecule has 86 valence electrons. The normalized spacial score (nSPS) is 11.9. The molecule has 0 aliphatic heterocycles. The van der Waals surface area contributed by atoms with Crippen molar-refractivity contribution in [3.05, 3.63) is 42.5 Å². The third kappa shape index (κ3) is 2.67. The second kappa shape index (κ2) is 5.76. The SMILES string of the molecule is CCC(C)Nc1cccc2ccccc12.Cl. The van der Waals surface area contributed by atoms with Crippen molar-refractivity contribution in [2.75, 3.05) is 5.32 Å². The Kier molecular flexibility index (Phi) is 4.63. The van der Waals surface area contributed by atoms with Gasteiger partial charge in [-0.1, -0.05) is 43.3 Å². The van der Waals surface area contributed by atoms with Crippen LogP contribution in [-0.2, 0) is 0 Å². The number of hydrogen-bond acceptors (Lipinski definition) is 1. The first kappa shape index (κ1) is 12.9. The van der Waals surface area contributed by atoms with E-state index in [1.54, 1.807) is 0 Å². The van der Waals surface area contributed by atoms with Gasteiger partial charge in [0.25, 0.3) is 0 Å². The molecular formula is C14H18ClN. The summed E-state index contributed by atoms with van der Waals surface area (Å²) in [5, 5.41) is 6.14. The van der Waals surface area contributed by atoms with Crippen LogP contribution in [0.15, 0.2) is 42.5 Å². The molecule has 0 spiro atoms. The van der Waals surface area contributed by atoms with Crippen LogP contribution in [0.3, 0.4) is 0 Å². The highest BCUT2D eigenvalue weighted by Gasteiger charge is 2.02. The van der Waals surface area contributed by atoms with Crippen LogP contribution in [0.2, 0.25) is 0 Å². The highest BCUT2D eigenvalue weighted by molar-refractivity contribution is 5.93. The number of benzene rings is 2. The summed E-state index contributed by atoms with van der Waals surface area (Å²) in [4.78, 5) is 0. The number of nitrogens with one attached hydrogen (secondary N) is 1. The van der Waals surface area contributed by atoms with E-state index in [2.05, 4.69) is 61.6 Å². The second-order valence-corrected chi connectivity index (χ2v) is 3.98. The van der Waals surface area contributed by atoms with Crippen LogP contribution in [0.25, 0.3) is 10.8 Å². The molecular weight excluding hydrogens is 218 g/mol. The number of hydrogen-bond donors (Lipinski definition) is 1. The Morgan fingerprint density at radius 2 is 1.75 bits per heavy atom. The van der Waals surface area contributed by atoms with E-state index in [0.29, 0.717) is 6.04 Å². The maximum absolute atomic E-state index is 3.53. The first-order valence-electron chi connectivity index (χ1n) is 5.55. The van der Waals surface area contributed by atoms with E-state index in [1.807, 2.05) is 0 Å². The summed E-state index contributed by atoms with van der Waals surface area (Å²) < 4.78 is 0. The number of rotatable bonds is 3. The van der Waals surface area contributed by atoms with Gasteiger partial charge in [-0.05, 0) is 24.8 Å². The summed E-state index contributed by atoms with van der Waals surface area (Å²) in [6, 6.07) is 15.4. The second-order valence-electron chi connectivity index (χ2n) is 3.98. The topological polar surface area (TPSA) is 12.0 Å². The summed E-state index contributed by atoms with van der Waals surface area (Å²) in [6.07, 6.45) is 1.14. The molecule has 0 saturated heterocycles. The van der Waals surface area contributed by atoms with Gasteiger partial charge in [-0.15, -0.1) is 12.4 Å². The Bertz CT molecular complexity index is 448. The molecule has 1 nitrogen and oxygen atoms in total. The van der Waals surface area contributed by atoms with E-state index >= 15 is 0 Å². The van der Waals surface area contributed by atoms with E-state index < -0.39 is 0 Å². The van der Waals surface area contributed by atoms with Gasteiger partial charge < -0.3 is 5.32 Å². The fourth-order valence-electron chi connectivity index (χ4n) is 1.72. The average molecular weight is 236 g/mol. The molecule has 2 heteroatoms. The molecule has 1 atom stereocenters. The predicted molar refractivity (Wildman–Crippen MR) is 74.6 cm³/mol. The molecule has 0 aliphatic carbocycles. The van der Waals surface area contributed by atoms with Crippen LogP contribution >= 0.6 is 12.4 Å². The molecule has 0 saturated carbocycles. The Morgan fingerprint density at radius 3 is 2.50 bits per heavy atom. The quantitative estimate of drug-likeness (QED) is 0.828. The standard InChI is InChI=1S/C14H17N.ClH/c1-3-11(2)15-14-10-6-8-12-7-4-5-9-13(12)14;/h4-11,15H,3H2,1-2H3;1H. The average Bonchev–Trinajstić information content (AvgIpc) is 2.29. The van der Waals surface area contributed by atoms with E-state index in [4.69, 9.17) is 0 Å². The van der Waals surface area contributed by atoms with Gasteiger partial charge in [0.15, 0.2) is 0 Å². The lowest BCUT2D eigenvalue weighted by atomic mass is 10.1. The van der Waals surface area contributed by atoms with Gasteiger partial charge in [0.05, 0.1) is 0 Å². The molecule has 2 rings (SSSR count). The maximum Gasteiger partial charge on any atom is 0.0421 e. The predicted octanol–water partition coefficient (Wildman–Crippen LogP) is 4.47. The van der Waals surface area contributed by atoms with Crippen molar-refractivity contribution in [1.29, 1.82) is 0 Å². The zero-order valence-corrected chi connectivity index (χ0v) is 10.6. The Balaban J connectivity index is 0.00000128. The van der Waals surface area contributed by atoms with Gasteiger partial charge >= 0.3 is 0 Å². The van der Waals surface area contributed by atoms with Gasteiger partial charge in [-0.2, -0.15) is 0 Å². The van der Waals surface area contributed by atoms with Gasteiger partial charge in [0.2, 0.25) is 0 Å². The Hall–Kier alpha value is -1.21. The molecule has 0 amide bonds. The molecule has 0 radical (unpaired) electrons. The van der Waals surface area contributed by atoms with E-state index in [9.17, 15) is 0 Å². The van der Waals surface area contributed by atoms with Crippen molar-refractivity contribution in [1.82, 2.24) is 0 Å². The highest BCUT2D eigenvalue weighted by Crippen LogP contribution is 2.23. The van der Waals surface area contributed by atoms with Gasteiger partial charge in [0.1, 0.15) is 0 Å². The molecule has 2 aromatic carbocycles. The van der Waals surface area contributed by atoms with Crippen LogP contribution in [-0.4, -0.2) is 6.04 Å². The molecule has 0 fully saturated rings.